The van der Waals surface area contributed by atoms with Crippen LogP contribution < -0.4 is 0 Å². The van der Waals surface area contributed by atoms with Crippen LogP contribution in [-0.2, 0) is 6.42 Å². The molecule has 3 heteroatoms. The van der Waals surface area contributed by atoms with Crippen molar-refractivity contribution >= 4 is 0 Å². The predicted octanol–water partition coefficient (Wildman–Crippen LogP) is 2.55. The Bertz CT molecular complexity index is 429. The molecule has 3 unspecified atom stereocenters. The van der Waals surface area contributed by atoms with Gasteiger partial charge in [0.05, 0.1) is 6.10 Å². The minimum Gasteiger partial charge on any atom is -0.387 e. The van der Waals surface area contributed by atoms with Gasteiger partial charge in [0.2, 0.25) is 0 Å². The minimum atomic E-state index is -0.381. The monoisotopic (exact) mass is 290 g/mol. The van der Waals surface area contributed by atoms with Crippen molar-refractivity contribution in [2.45, 2.75) is 38.8 Å². The van der Waals surface area contributed by atoms with Crippen LogP contribution in [0.2, 0.25) is 0 Å². The largest absolute Gasteiger partial charge is 0.387 e. The smallest absolute Gasteiger partial charge is 0.0916 e. The lowest BCUT2D eigenvalue weighted by Gasteiger charge is -2.23. The van der Waals surface area contributed by atoms with Crippen molar-refractivity contribution in [2.75, 3.05) is 33.7 Å². The van der Waals surface area contributed by atoms with Gasteiger partial charge in [0.15, 0.2) is 0 Å². The molecule has 1 aromatic rings. The van der Waals surface area contributed by atoms with Gasteiger partial charge in [-0.3, -0.25) is 4.90 Å². The first-order valence-corrected chi connectivity index (χ1v) is 8.17. The third-order valence-electron chi connectivity index (χ3n) is 4.65. The number of aliphatic hydroxyl groups is 1. The molecule has 0 saturated carbocycles. The van der Waals surface area contributed by atoms with E-state index >= 15 is 0 Å². The van der Waals surface area contributed by atoms with E-state index in [2.05, 4.69) is 62.0 Å². The van der Waals surface area contributed by atoms with Crippen molar-refractivity contribution in [2.24, 2.45) is 5.92 Å². The maximum atomic E-state index is 10.5. The van der Waals surface area contributed by atoms with Gasteiger partial charge >= 0.3 is 0 Å². The van der Waals surface area contributed by atoms with E-state index < -0.39 is 0 Å². The van der Waals surface area contributed by atoms with Crippen molar-refractivity contribution < 1.29 is 5.11 Å². The van der Waals surface area contributed by atoms with Gasteiger partial charge in [-0.2, -0.15) is 0 Å². The maximum Gasteiger partial charge on any atom is 0.0916 e. The molecule has 0 spiro atoms. The normalized spacial score (nSPS) is 24.7. The summed E-state index contributed by atoms with van der Waals surface area (Å²) >= 11 is 0. The van der Waals surface area contributed by atoms with Gasteiger partial charge in [-0.1, -0.05) is 44.5 Å². The quantitative estimate of drug-likeness (QED) is 0.872. The molecule has 1 aromatic carbocycles. The molecule has 0 aliphatic carbocycles. The summed E-state index contributed by atoms with van der Waals surface area (Å²) in [6.45, 7) is 7.36. The number of nitrogens with zero attached hydrogens (tertiary/aromatic N) is 2. The van der Waals surface area contributed by atoms with Crippen LogP contribution in [0.25, 0.3) is 0 Å². The second-order valence-corrected chi connectivity index (χ2v) is 6.73. The Morgan fingerprint density at radius 1 is 1.24 bits per heavy atom. The first-order chi connectivity index (χ1) is 10.0. The second-order valence-electron chi connectivity index (χ2n) is 6.73. The third kappa shape index (κ3) is 4.29. The van der Waals surface area contributed by atoms with Crippen LogP contribution in [0.5, 0.6) is 0 Å². The van der Waals surface area contributed by atoms with Crippen LogP contribution in [0.15, 0.2) is 24.3 Å². The number of aliphatic hydroxyl groups excluding tert-OH is 1. The van der Waals surface area contributed by atoms with E-state index in [4.69, 9.17) is 0 Å². The molecule has 3 atom stereocenters. The van der Waals surface area contributed by atoms with E-state index in [1.165, 1.54) is 12.0 Å². The molecular weight excluding hydrogens is 260 g/mol. The summed E-state index contributed by atoms with van der Waals surface area (Å²) < 4.78 is 0. The zero-order valence-electron chi connectivity index (χ0n) is 13.9. The summed E-state index contributed by atoms with van der Waals surface area (Å²) in [5, 5.41) is 10.5. The highest BCUT2D eigenvalue weighted by Crippen LogP contribution is 2.23. The summed E-state index contributed by atoms with van der Waals surface area (Å²) in [6, 6.07) is 9.07. The van der Waals surface area contributed by atoms with Gasteiger partial charge in [-0.25, -0.2) is 0 Å². The highest BCUT2D eigenvalue weighted by atomic mass is 16.3. The average Bonchev–Trinajstić information content (AvgIpc) is 2.81. The topological polar surface area (TPSA) is 26.7 Å². The summed E-state index contributed by atoms with van der Waals surface area (Å²) in [7, 11) is 4.29. The maximum absolute atomic E-state index is 10.5. The SMILES string of the molecule is CCCc1ccc(C(O)CN2CC(C)C(N(C)C)C2)cc1. The molecule has 118 valence electrons. The average molecular weight is 290 g/mol. The Morgan fingerprint density at radius 2 is 1.90 bits per heavy atom. The van der Waals surface area contributed by atoms with Crippen molar-refractivity contribution in [3.63, 3.8) is 0 Å². The Kier molecular flexibility index (Phi) is 5.80. The summed E-state index contributed by atoms with van der Waals surface area (Å²) in [6.07, 6.45) is 1.90. The lowest BCUT2D eigenvalue weighted by atomic mass is 10.0. The zero-order chi connectivity index (χ0) is 15.4. The molecule has 2 rings (SSSR count). The number of aryl methyl sites for hydroxylation is 1. The lowest BCUT2D eigenvalue weighted by Crippen LogP contribution is -2.35. The summed E-state index contributed by atoms with van der Waals surface area (Å²) in [4.78, 5) is 4.69. The van der Waals surface area contributed by atoms with E-state index in [0.717, 1.165) is 31.6 Å². The standard InChI is InChI=1S/C18H30N2O/c1-5-6-15-7-9-16(10-8-15)18(21)13-20-11-14(2)17(12-20)19(3)4/h7-10,14,17-18,21H,5-6,11-13H2,1-4H3. The van der Waals surface area contributed by atoms with Crippen LogP contribution in [0.1, 0.15) is 37.5 Å². The molecule has 0 aromatic heterocycles. The molecule has 0 amide bonds. The van der Waals surface area contributed by atoms with E-state index in [1.807, 2.05) is 0 Å². The number of hydrogen-bond acceptors (Lipinski definition) is 3. The number of benzene rings is 1. The molecule has 1 saturated heterocycles. The molecule has 1 N–H and O–H groups in total. The number of rotatable bonds is 6. The first-order valence-electron chi connectivity index (χ1n) is 8.17. The molecule has 0 radical (unpaired) electrons. The van der Waals surface area contributed by atoms with E-state index in [0.29, 0.717) is 12.0 Å². The molecular formula is C18H30N2O. The molecule has 1 heterocycles. The summed E-state index contributed by atoms with van der Waals surface area (Å²) in [5.41, 5.74) is 2.40. The molecule has 1 aliphatic heterocycles. The van der Waals surface area contributed by atoms with Crippen molar-refractivity contribution in [3.05, 3.63) is 35.4 Å². The Balaban J connectivity index is 1.91. The molecule has 1 fully saturated rings. The molecule has 0 bridgehead atoms. The highest BCUT2D eigenvalue weighted by molar-refractivity contribution is 5.24. The van der Waals surface area contributed by atoms with Gasteiger partial charge < -0.3 is 10.0 Å². The van der Waals surface area contributed by atoms with E-state index in [-0.39, 0.29) is 6.10 Å². The van der Waals surface area contributed by atoms with Gasteiger partial charge in [-0.15, -0.1) is 0 Å². The summed E-state index contributed by atoms with van der Waals surface area (Å²) in [5.74, 6) is 0.666. The van der Waals surface area contributed by atoms with Gasteiger partial charge in [0, 0.05) is 25.7 Å². The Labute approximate surface area is 129 Å². The highest BCUT2D eigenvalue weighted by Gasteiger charge is 2.31. The van der Waals surface area contributed by atoms with Crippen molar-refractivity contribution in [1.82, 2.24) is 9.80 Å². The fourth-order valence-corrected chi connectivity index (χ4v) is 3.41. The van der Waals surface area contributed by atoms with Crippen LogP contribution in [0.4, 0.5) is 0 Å². The van der Waals surface area contributed by atoms with Gasteiger partial charge in [0.1, 0.15) is 0 Å². The number of likely N-dealkylation sites (N-methyl/N-ethyl adjacent to an activating group) is 1. The number of β-amino-alcohol motifs (C(OH)–C–C–N with tert-alkyl or cyclic N) is 1. The third-order valence-corrected chi connectivity index (χ3v) is 4.65. The number of hydrogen-bond donors (Lipinski definition) is 1. The van der Waals surface area contributed by atoms with Crippen molar-refractivity contribution in [1.29, 1.82) is 0 Å². The molecule has 3 nitrogen and oxygen atoms in total. The lowest BCUT2D eigenvalue weighted by molar-refractivity contribution is 0.122. The van der Waals surface area contributed by atoms with Crippen LogP contribution in [-0.4, -0.2) is 54.7 Å². The number of likely N-dealkylation sites (tertiary alicyclic amines) is 1. The predicted molar refractivity (Wildman–Crippen MR) is 88.5 cm³/mol. The second kappa shape index (κ2) is 7.39. The first kappa shape index (κ1) is 16.5. The van der Waals surface area contributed by atoms with Crippen LogP contribution in [0.3, 0.4) is 0 Å². The Morgan fingerprint density at radius 3 is 2.43 bits per heavy atom. The van der Waals surface area contributed by atoms with Crippen LogP contribution in [0, 0.1) is 5.92 Å². The minimum absolute atomic E-state index is 0.381. The van der Waals surface area contributed by atoms with Gasteiger partial charge in [0.25, 0.3) is 0 Å². The van der Waals surface area contributed by atoms with E-state index in [9.17, 15) is 5.11 Å². The van der Waals surface area contributed by atoms with Gasteiger partial charge in [-0.05, 0) is 37.6 Å². The van der Waals surface area contributed by atoms with E-state index in [1.54, 1.807) is 0 Å². The Hall–Kier alpha value is -0.900. The molecule has 21 heavy (non-hydrogen) atoms. The van der Waals surface area contributed by atoms with Crippen LogP contribution >= 0.6 is 0 Å². The fraction of sp³-hybridized carbons (Fsp3) is 0.667. The fourth-order valence-electron chi connectivity index (χ4n) is 3.41. The van der Waals surface area contributed by atoms with Crippen molar-refractivity contribution in [3.8, 4) is 0 Å². The zero-order valence-corrected chi connectivity index (χ0v) is 13.9. The molecule has 1 aliphatic rings.